The molecule has 1 N–H and O–H groups in total. The topological polar surface area (TPSA) is 117 Å². The summed E-state index contributed by atoms with van der Waals surface area (Å²) in [5, 5.41) is 4.56. The van der Waals surface area contributed by atoms with Gasteiger partial charge in [0.2, 0.25) is 5.88 Å². The van der Waals surface area contributed by atoms with E-state index in [-0.39, 0.29) is 10.6 Å². The normalized spacial score (nSPS) is 11.3. The van der Waals surface area contributed by atoms with Crippen LogP contribution in [0.15, 0.2) is 53.4 Å². The van der Waals surface area contributed by atoms with E-state index in [2.05, 4.69) is 19.8 Å². The molecule has 11 heteroatoms. The molecular weight excluding hydrogens is 506 g/mol. The van der Waals surface area contributed by atoms with Crippen LogP contribution in [0.2, 0.25) is 0 Å². The van der Waals surface area contributed by atoms with Crippen molar-refractivity contribution in [3.05, 3.63) is 71.3 Å². The Kier molecular flexibility index (Phi) is 7.86. The molecule has 0 aliphatic rings. The number of anilines is 1. The van der Waals surface area contributed by atoms with Gasteiger partial charge in [-0.3, -0.25) is 4.72 Å². The van der Waals surface area contributed by atoms with Gasteiger partial charge in [0, 0.05) is 23.5 Å². The molecule has 0 aliphatic heterocycles. The zero-order chi connectivity index (χ0) is 27.4. The lowest BCUT2D eigenvalue weighted by atomic mass is 10.2. The summed E-state index contributed by atoms with van der Waals surface area (Å²) >= 11 is 0. The molecule has 0 atom stereocenters. The first-order valence-electron chi connectivity index (χ1n) is 12.2. The maximum absolute atomic E-state index is 13.2. The quantitative estimate of drug-likeness (QED) is 0.290. The Bertz CT molecular complexity index is 1550. The molecule has 2 heterocycles. The molecule has 0 radical (unpaired) electrons. The number of nitrogens with one attached hydrogen (secondary N) is 1. The summed E-state index contributed by atoms with van der Waals surface area (Å²) in [7, 11) is -3.95. The lowest BCUT2D eigenvalue weighted by Crippen LogP contribution is -2.14. The van der Waals surface area contributed by atoms with Gasteiger partial charge in [-0.2, -0.15) is 10.1 Å². The van der Waals surface area contributed by atoms with Gasteiger partial charge < -0.3 is 14.2 Å². The molecule has 0 bridgehead atoms. The van der Waals surface area contributed by atoms with Gasteiger partial charge >= 0.3 is 0 Å². The van der Waals surface area contributed by atoms with Gasteiger partial charge in [0.1, 0.15) is 28.0 Å². The van der Waals surface area contributed by atoms with Crippen LogP contribution in [0.25, 0.3) is 5.82 Å². The summed E-state index contributed by atoms with van der Waals surface area (Å²) in [4.78, 5) is 8.86. The number of benzene rings is 2. The molecule has 0 fully saturated rings. The Balaban J connectivity index is 1.54. The van der Waals surface area contributed by atoms with Gasteiger partial charge in [0.25, 0.3) is 10.0 Å². The van der Waals surface area contributed by atoms with Crippen LogP contribution in [-0.2, 0) is 10.0 Å². The Hall–Kier alpha value is -4.12. The third-order valence-electron chi connectivity index (χ3n) is 5.82. The van der Waals surface area contributed by atoms with Crippen molar-refractivity contribution < 1.29 is 22.6 Å². The van der Waals surface area contributed by atoms with Gasteiger partial charge in [-0.05, 0) is 83.5 Å². The summed E-state index contributed by atoms with van der Waals surface area (Å²) in [5.41, 5.74) is 3.37. The summed E-state index contributed by atoms with van der Waals surface area (Å²) in [6.45, 7) is 12.1. The average molecular weight is 538 g/mol. The molecule has 0 unspecified atom stereocenters. The first kappa shape index (κ1) is 26.9. The Morgan fingerprint density at radius 1 is 0.868 bits per heavy atom. The third kappa shape index (κ3) is 5.88. The van der Waals surface area contributed by atoms with Gasteiger partial charge in [0.05, 0.1) is 18.9 Å². The fourth-order valence-electron chi connectivity index (χ4n) is 3.78. The Morgan fingerprint density at radius 3 is 2.18 bits per heavy atom. The molecule has 0 saturated carbocycles. The zero-order valence-corrected chi connectivity index (χ0v) is 23.1. The molecule has 2 aromatic carbocycles. The lowest BCUT2D eigenvalue weighted by molar-refractivity contribution is 0.322. The second-order valence-electron chi connectivity index (χ2n) is 8.53. The second-order valence-corrected chi connectivity index (χ2v) is 10.2. The first-order chi connectivity index (χ1) is 18.1. The molecule has 200 valence electrons. The van der Waals surface area contributed by atoms with E-state index in [9.17, 15) is 8.42 Å². The highest BCUT2D eigenvalue weighted by Crippen LogP contribution is 2.31. The third-order valence-corrected chi connectivity index (χ3v) is 7.22. The van der Waals surface area contributed by atoms with Crippen molar-refractivity contribution in [3.8, 4) is 28.9 Å². The van der Waals surface area contributed by atoms with Crippen molar-refractivity contribution in [1.29, 1.82) is 0 Å². The standard InChI is InChI=1S/C27H31N5O5S/c1-7-35-23-13-14-24(36-8-2)25(15-23)38(33,34)31-21-9-11-22(12-10-21)37-27-16-26(28-20(6)29-27)32-19(5)17(3)18(4)30-32/h9-16,31H,7-8H2,1-6H3. The number of nitrogens with zero attached hydrogens (tertiary/aromatic N) is 4. The van der Waals surface area contributed by atoms with Crippen LogP contribution in [0, 0.1) is 27.7 Å². The highest BCUT2D eigenvalue weighted by atomic mass is 32.2. The lowest BCUT2D eigenvalue weighted by Gasteiger charge is -2.14. The van der Waals surface area contributed by atoms with E-state index < -0.39 is 10.0 Å². The second kappa shape index (κ2) is 11.1. The number of hydrogen-bond donors (Lipinski definition) is 1. The number of rotatable bonds is 10. The molecular formula is C27H31N5O5S. The molecule has 4 rings (SSSR count). The fraction of sp³-hybridized carbons (Fsp3) is 0.296. The molecule has 0 spiro atoms. The minimum atomic E-state index is -3.95. The van der Waals surface area contributed by atoms with Crippen molar-refractivity contribution in [2.24, 2.45) is 0 Å². The number of sulfonamides is 1. The van der Waals surface area contributed by atoms with E-state index in [0.29, 0.717) is 47.9 Å². The summed E-state index contributed by atoms with van der Waals surface area (Å²) in [6, 6.07) is 13.0. The molecule has 10 nitrogen and oxygen atoms in total. The molecule has 0 aliphatic carbocycles. The smallest absolute Gasteiger partial charge is 0.265 e. The van der Waals surface area contributed by atoms with E-state index in [0.717, 1.165) is 17.0 Å². The zero-order valence-electron chi connectivity index (χ0n) is 22.3. The Labute approximate surface area is 222 Å². The van der Waals surface area contributed by atoms with Crippen LogP contribution in [0.5, 0.6) is 23.1 Å². The van der Waals surface area contributed by atoms with E-state index in [1.807, 2.05) is 27.7 Å². The highest BCUT2D eigenvalue weighted by molar-refractivity contribution is 7.92. The van der Waals surface area contributed by atoms with E-state index >= 15 is 0 Å². The first-order valence-corrected chi connectivity index (χ1v) is 13.7. The monoisotopic (exact) mass is 537 g/mol. The highest BCUT2D eigenvalue weighted by Gasteiger charge is 2.21. The molecule has 38 heavy (non-hydrogen) atoms. The fourth-order valence-corrected chi connectivity index (χ4v) is 5.00. The van der Waals surface area contributed by atoms with Crippen molar-refractivity contribution in [1.82, 2.24) is 19.7 Å². The van der Waals surface area contributed by atoms with Gasteiger partial charge in [-0.15, -0.1) is 0 Å². The van der Waals surface area contributed by atoms with Crippen LogP contribution < -0.4 is 18.9 Å². The van der Waals surface area contributed by atoms with Crippen LogP contribution >= 0.6 is 0 Å². The minimum absolute atomic E-state index is 0.00555. The Morgan fingerprint density at radius 2 is 1.55 bits per heavy atom. The number of aromatic nitrogens is 4. The minimum Gasteiger partial charge on any atom is -0.494 e. The average Bonchev–Trinajstić information content (AvgIpc) is 3.13. The van der Waals surface area contributed by atoms with E-state index in [4.69, 9.17) is 14.2 Å². The SMILES string of the molecule is CCOc1ccc(OCC)c(S(=O)(=O)Nc2ccc(Oc3cc(-n4nc(C)c(C)c4C)nc(C)n3)cc2)c1. The summed E-state index contributed by atoms with van der Waals surface area (Å²) < 4.78 is 47.7. The largest absolute Gasteiger partial charge is 0.494 e. The molecule has 0 saturated heterocycles. The predicted molar refractivity (Wildman–Crippen MR) is 144 cm³/mol. The van der Waals surface area contributed by atoms with Crippen molar-refractivity contribution >= 4 is 15.7 Å². The van der Waals surface area contributed by atoms with Crippen molar-refractivity contribution in [2.45, 2.75) is 46.4 Å². The number of aryl methyl sites for hydroxylation is 2. The maximum Gasteiger partial charge on any atom is 0.265 e. The van der Waals surface area contributed by atoms with Crippen molar-refractivity contribution in [2.75, 3.05) is 17.9 Å². The van der Waals surface area contributed by atoms with Crippen LogP contribution in [0.1, 0.15) is 36.6 Å². The molecule has 0 amide bonds. The van der Waals surface area contributed by atoms with Crippen LogP contribution in [0.4, 0.5) is 5.69 Å². The van der Waals surface area contributed by atoms with E-state index in [1.54, 1.807) is 61.0 Å². The van der Waals surface area contributed by atoms with Crippen molar-refractivity contribution in [3.63, 3.8) is 0 Å². The number of hydrogen-bond acceptors (Lipinski definition) is 8. The summed E-state index contributed by atoms with van der Waals surface area (Å²) in [6.07, 6.45) is 0. The van der Waals surface area contributed by atoms with Gasteiger partial charge in [-0.1, -0.05) is 0 Å². The summed E-state index contributed by atoms with van der Waals surface area (Å²) in [5.74, 6) is 2.65. The molecule has 2 aromatic heterocycles. The van der Waals surface area contributed by atoms with Crippen LogP contribution in [0.3, 0.4) is 0 Å². The maximum atomic E-state index is 13.2. The van der Waals surface area contributed by atoms with Gasteiger partial charge in [-0.25, -0.2) is 18.1 Å². The van der Waals surface area contributed by atoms with E-state index in [1.165, 1.54) is 6.07 Å². The van der Waals surface area contributed by atoms with Crippen LogP contribution in [-0.4, -0.2) is 41.4 Å². The predicted octanol–water partition coefficient (Wildman–Crippen LogP) is 5.29. The van der Waals surface area contributed by atoms with Gasteiger partial charge in [0.15, 0.2) is 5.82 Å². The molecule has 4 aromatic rings. The number of ether oxygens (including phenoxy) is 3.